The van der Waals surface area contributed by atoms with Crippen molar-refractivity contribution in [3.8, 4) is 11.8 Å². The van der Waals surface area contributed by atoms with E-state index in [1.165, 1.54) is 24.3 Å². The summed E-state index contributed by atoms with van der Waals surface area (Å²) in [6.07, 6.45) is 0. The molecule has 1 saturated heterocycles. The van der Waals surface area contributed by atoms with Gasteiger partial charge in [-0.3, -0.25) is 19.8 Å². The summed E-state index contributed by atoms with van der Waals surface area (Å²) in [5.74, 6) is 0.0546. The Balaban J connectivity index is 1.66. The van der Waals surface area contributed by atoms with Crippen molar-refractivity contribution in [3.05, 3.63) is 69.8 Å². The third kappa shape index (κ3) is 3.48. The van der Waals surface area contributed by atoms with Gasteiger partial charge in [-0.25, -0.2) is 4.79 Å². The first-order valence-corrected chi connectivity index (χ1v) is 8.37. The van der Waals surface area contributed by atoms with Gasteiger partial charge in [-0.2, -0.15) is 5.26 Å². The zero-order valence-electron chi connectivity index (χ0n) is 14.9. The SMILES string of the molecule is CC1(c2ccc([N+](=O)[O-])cc2)NC(=O)N(CCOc2ccc(C#N)cc2)C1=O. The van der Waals surface area contributed by atoms with Gasteiger partial charge in [-0.05, 0) is 48.9 Å². The number of amides is 3. The number of nitriles is 1. The maximum absolute atomic E-state index is 12.8. The Morgan fingerprint density at radius 1 is 1.18 bits per heavy atom. The molecule has 1 atom stereocenters. The number of nitro benzene ring substituents is 1. The number of ether oxygens (including phenoxy) is 1. The van der Waals surface area contributed by atoms with Crippen LogP contribution in [0.1, 0.15) is 18.1 Å². The van der Waals surface area contributed by atoms with E-state index in [4.69, 9.17) is 10.00 Å². The van der Waals surface area contributed by atoms with E-state index >= 15 is 0 Å². The first kappa shape index (κ1) is 18.8. The van der Waals surface area contributed by atoms with E-state index in [-0.39, 0.29) is 18.8 Å². The monoisotopic (exact) mass is 380 g/mol. The molecule has 0 aromatic heterocycles. The van der Waals surface area contributed by atoms with Gasteiger partial charge >= 0.3 is 6.03 Å². The minimum absolute atomic E-state index is 0.0350. The van der Waals surface area contributed by atoms with Crippen LogP contribution in [0.15, 0.2) is 48.5 Å². The molecule has 0 radical (unpaired) electrons. The van der Waals surface area contributed by atoms with Crippen molar-refractivity contribution in [2.45, 2.75) is 12.5 Å². The van der Waals surface area contributed by atoms with E-state index in [1.54, 1.807) is 31.2 Å². The van der Waals surface area contributed by atoms with Crippen molar-refractivity contribution in [2.24, 2.45) is 0 Å². The lowest BCUT2D eigenvalue weighted by molar-refractivity contribution is -0.384. The number of imide groups is 1. The number of hydrogen-bond acceptors (Lipinski definition) is 6. The molecule has 0 aliphatic carbocycles. The number of nitrogens with one attached hydrogen (secondary N) is 1. The minimum atomic E-state index is -1.30. The molecule has 3 amide bonds. The van der Waals surface area contributed by atoms with Crippen molar-refractivity contribution in [2.75, 3.05) is 13.2 Å². The van der Waals surface area contributed by atoms with Gasteiger partial charge in [0.1, 0.15) is 17.9 Å². The van der Waals surface area contributed by atoms with Gasteiger partial charge in [0.15, 0.2) is 0 Å². The molecule has 0 bridgehead atoms. The van der Waals surface area contributed by atoms with Crippen LogP contribution in [0.5, 0.6) is 5.75 Å². The minimum Gasteiger partial charge on any atom is -0.492 e. The molecule has 0 spiro atoms. The highest BCUT2D eigenvalue weighted by molar-refractivity contribution is 6.07. The van der Waals surface area contributed by atoms with Crippen LogP contribution in [0.2, 0.25) is 0 Å². The summed E-state index contributed by atoms with van der Waals surface area (Å²) in [6, 6.07) is 13.4. The molecule has 2 aromatic carbocycles. The molecule has 1 aliphatic heterocycles. The van der Waals surface area contributed by atoms with Crippen LogP contribution in [0.25, 0.3) is 0 Å². The number of carbonyl (C=O) groups is 2. The second kappa shape index (κ2) is 7.36. The third-order valence-electron chi connectivity index (χ3n) is 4.50. The summed E-state index contributed by atoms with van der Waals surface area (Å²) in [5, 5.41) is 22.2. The Labute approximate surface area is 160 Å². The quantitative estimate of drug-likeness (QED) is 0.466. The van der Waals surface area contributed by atoms with E-state index in [2.05, 4.69) is 5.32 Å². The molecule has 1 unspecified atom stereocenters. The van der Waals surface area contributed by atoms with Gasteiger partial charge in [0, 0.05) is 12.1 Å². The second-order valence-corrected chi connectivity index (χ2v) is 6.30. The highest BCUT2D eigenvalue weighted by Gasteiger charge is 2.48. The van der Waals surface area contributed by atoms with Crippen LogP contribution >= 0.6 is 0 Å². The van der Waals surface area contributed by atoms with Gasteiger partial charge in [-0.15, -0.1) is 0 Å². The molecule has 2 aromatic rings. The van der Waals surface area contributed by atoms with Crippen molar-refractivity contribution in [3.63, 3.8) is 0 Å². The fraction of sp³-hybridized carbons (Fsp3) is 0.211. The molecular formula is C19H16N4O5. The van der Waals surface area contributed by atoms with E-state index in [9.17, 15) is 19.7 Å². The summed E-state index contributed by atoms with van der Waals surface area (Å²) in [5.41, 5.74) is -0.454. The maximum Gasteiger partial charge on any atom is 0.325 e. The molecule has 28 heavy (non-hydrogen) atoms. The van der Waals surface area contributed by atoms with Gasteiger partial charge in [0.25, 0.3) is 11.6 Å². The summed E-state index contributed by atoms with van der Waals surface area (Å²) in [7, 11) is 0. The predicted molar refractivity (Wildman–Crippen MR) is 97.3 cm³/mol. The fourth-order valence-corrected chi connectivity index (χ4v) is 2.89. The van der Waals surface area contributed by atoms with Crippen LogP contribution in [0, 0.1) is 21.4 Å². The lowest BCUT2D eigenvalue weighted by Crippen LogP contribution is -2.41. The topological polar surface area (TPSA) is 126 Å². The molecule has 142 valence electrons. The average Bonchev–Trinajstić information content (AvgIpc) is 2.92. The zero-order valence-corrected chi connectivity index (χ0v) is 14.9. The van der Waals surface area contributed by atoms with E-state index in [1.807, 2.05) is 6.07 Å². The van der Waals surface area contributed by atoms with Gasteiger partial charge in [0.05, 0.1) is 23.1 Å². The Morgan fingerprint density at radius 3 is 2.39 bits per heavy atom. The summed E-state index contributed by atoms with van der Waals surface area (Å²) in [4.78, 5) is 36.4. The molecule has 9 nitrogen and oxygen atoms in total. The first-order chi connectivity index (χ1) is 13.3. The molecular weight excluding hydrogens is 364 g/mol. The number of urea groups is 1. The number of non-ortho nitro benzene ring substituents is 1. The Morgan fingerprint density at radius 2 is 1.82 bits per heavy atom. The normalized spacial score (nSPS) is 18.5. The van der Waals surface area contributed by atoms with Crippen LogP contribution in [-0.4, -0.2) is 34.9 Å². The third-order valence-corrected chi connectivity index (χ3v) is 4.50. The molecule has 3 rings (SSSR count). The highest BCUT2D eigenvalue weighted by atomic mass is 16.6. The fourth-order valence-electron chi connectivity index (χ4n) is 2.89. The molecule has 9 heteroatoms. The molecule has 1 heterocycles. The van der Waals surface area contributed by atoms with Gasteiger partial charge < -0.3 is 10.1 Å². The lowest BCUT2D eigenvalue weighted by Gasteiger charge is -2.22. The van der Waals surface area contributed by atoms with Crippen LogP contribution in [-0.2, 0) is 10.3 Å². The highest BCUT2D eigenvalue weighted by Crippen LogP contribution is 2.30. The number of hydrogen-bond donors (Lipinski definition) is 1. The zero-order chi connectivity index (χ0) is 20.3. The number of nitro groups is 1. The summed E-state index contributed by atoms with van der Waals surface area (Å²) >= 11 is 0. The van der Waals surface area contributed by atoms with Gasteiger partial charge in [-0.1, -0.05) is 0 Å². The number of nitrogens with zero attached hydrogens (tertiary/aromatic N) is 3. The van der Waals surface area contributed by atoms with Crippen molar-refractivity contribution in [1.29, 1.82) is 5.26 Å². The summed E-state index contributed by atoms with van der Waals surface area (Å²) in [6.45, 7) is 1.67. The molecule has 0 saturated carbocycles. The second-order valence-electron chi connectivity index (χ2n) is 6.30. The molecule has 1 aliphatic rings. The molecule has 1 N–H and O–H groups in total. The largest absolute Gasteiger partial charge is 0.492 e. The molecule has 1 fully saturated rings. The van der Waals surface area contributed by atoms with Crippen LogP contribution in [0.3, 0.4) is 0 Å². The van der Waals surface area contributed by atoms with Crippen LogP contribution in [0.4, 0.5) is 10.5 Å². The standard InChI is InChI=1S/C19H16N4O5/c1-19(14-4-6-15(7-5-14)23(26)27)17(24)22(18(25)21-19)10-11-28-16-8-2-13(12-20)3-9-16/h2-9H,10-11H2,1H3,(H,21,25). The van der Waals surface area contributed by atoms with Crippen molar-refractivity contribution >= 4 is 17.6 Å². The van der Waals surface area contributed by atoms with E-state index in [0.29, 0.717) is 16.9 Å². The summed E-state index contributed by atoms with van der Waals surface area (Å²) < 4.78 is 5.52. The van der Waals surface area contributed by atoms with E-state index < -0.39 is 22.4 Å². The Hall–Kier alpha value is -3.93. The number of carbonyl (C=O) groups excluding carboxylic acids is 2. The average molecular weight is 380 g/mol. The lowest BCUT2D eigenvalue weighted by atomic mass is 9.92. The van der Waals surface area contributed by atoms with Crippen molar-refractivity contribution < 1.29 is 19.2 Å². The van der Waals surface area contributed by atoms with E-state index in [0.717, 1.165) is 4.90 Å². The predicted octanol–water partition coefficient (Wildman–Crippen LogP) is 2.31. The number of rotatable bonds is 6. The Kier molecular flexibility index (Phi) is 4.96. The first-order valence-electron chi connectivity index (χ1n) is 8.37. The number of benzene rings is 2. The van der Waals surface area contributed by atoms with Crippen molar-refractivity contribution in [1.82, 2.24) is 10.2 Å². The Bertz CT molecular complexity index is 965. The maximum atomic E-state index is 12.8. The van der Waals surface area contributed by atoms with Crippen LogP contribution < -0.4 is 10.1 Å². The van der Waals surface area contributed by atoms with Gasteiger partial charge in [0.2, 0.25) is 0 Å². The smallest absolute Gasteiger partial charge is 0.325 e.